The molecule has 1 aromatic carbocycles. The minimum absolute atomic E-state index is 0.883. The summed E-state index contributed by atoms with van der Waals surface area (Å²) in [7, 11) is 0. The first-order chi connectivity index (χ1) is 6.43. The molecular formula is C11H8O2. The van der Waals surface area contributed by atoms with Crippen LogP contribution < -0.4 is 4.74 Å². The third-order valence-electron chi connectivity index (χ3n) is 2.26. The third kappa shape index (κ3) is 0.952. The van der Waals surface area contributed by atoms with E-state index in [-0.39, 0.29) is 0 Å². The zero-order chi connectivity index (χ0) is 8.67. The van der Waals surface area contributed by atoms with Gasteiger partial charge in [0.25, 0.3) is 0 Å². The number of ether oxygens (including phenoxy) is 1. The van der Waals surface area contributed by atoms with Gasteiger partial charge in [0, 0.05) is 11.5 Å². The van der Waals surface area contributed by atoms with E-state index >= 15 is 0 Å². The summed E-state index contributed by atoms with van der Waals surface area (Å²) in [5.74, 6) is 0.907. The first-order valence-corrected chi connectivity index (χ1v) is 4.25. The Morgan fingerprint density at radius 3 is 3.23 bits per heavy atom. The van der Waals surface area contributed by atoms with Crippen molar-refractivity contribution in [3.63, 3.8) is 0 Å². The minimum Gasteiger partial charge on any atom is -0.465 e. The van der Waals surface area contributed by atoms with E-state index in [2.05, 4.69) is 6.07 Å². The maximum atomic E-state index is 5.36. The smallest absolute Gasteiger partial charge is 0.137 e. The molecule has 0 saturated heterocycles. The quantitative estimate of drug-likeness (QED) is 0.609. The second-order valence-corrected chi connectivity index (χ2v) is 3.11. The molecule has 0 aliphatic carbocycles. The first-order valence-electron chi connectivity index (χ1n) is 4.25. The van der Waals surface area contributed by atoms with Gasteiger partial charge in [0.15, 0.2) is 0 Å². The fourth-order valence-corrected chi connectivity index (χ4v) is 1.60. The van der Waals surface area contributed by atoms with Crippen molar-refractivity contribution in [2.24, 2.45) is 0 Å². The van der Waals surface area contributed by atoms with Gasteiger partial charge < -0.3 is 9.15 Å². The van der Waals surface area contributed by atoms with Gasteiger partial charge in [-0.3, -0.25) is 0 Å². The molecule has 0 radical (unpaired) electrons. The molecule has 0 bridgehead atoms. The van der Waals surface area contributed by atoms with Gasteiger partial charge in [0.2, 0.25) is 0 Å². The Morgan fingerprint density at radius 2 is 2.23 bits per heavy atom. The summed E-state index contributed by atoms with van der Waals surface area (Å²) < 4.78 is 10.6. The minimum atomic E-state index is 0.883. The molecule has 2 heteroatoms. The highest BCUT2D eigenvalue weighted by Crippen LogP contribution is 2.29. The molecule has 13 heavy (non-hydrogen) atoms. The van der Waals surface area contributed by atoms with Gasteiger partial charge in [-0.25, -0.2) is 0 Å². The second kappa shape index (κ2) is 2.39. The van der Waals surface area contributed by atoms with Gasteiger partial charge in [-0.05, 0) is 30.2 Å². The number of hydrogen-bond acceptors (Lipinski definition) is 2. The molecule has 0 spiro atoms. The van der Waals surface area contributed by atoms with Gasteiger partial charge in [0.1, 0.15) is 11.3 Å². The number of allylic oxidation sites excluding steroid dienone is 1. The molecule has 3 rings (SSSR count). The van der Waals surface area contributed by atoms with Crippen molar-refractivity contribution in [1.29, 1.82) is 0 Å². The van der Waals surface area contributed by atoms with Crippen LogP contribution in [0.3, 0.4) is 0 Å². The molecule has 0 amide bonds. The lowest BCUT2D eigenvalue weighted by atomic mass is 10.1. The van der Waals surface area contributed by atoms with Crippen molar-refractivity contribution in [3.05, 3.63) is 42.4 Å². The zero-order valence-electron chi connectivity index (χ0n) is 6.99. The van der Waals surface area contributed by atoms with E-state index < -0.39 is 0 Å². The van der Waals surface area contributed by atoms with Gasteiger partial charge in [-0.2, -0.15) is 0 Å². The highest BCUT2D eigenvalue weighted by atomic mass is 16.5. The van der Waals surface area contributed by atoms with E-state index in [9.17, 15) is 0 Å². The molecule has 2 aromatic rings. The number of fused-ring (bicyclic) bond motifs is 2. The van der Waals surface area contributed by atoms with Crippen molar-refractivity contribution in [2.75, 3.05) is 0 Å². The van der Waals surface area contributed by atoms with Crippen LogP contribution >= 0.6 is 0 Å². The average molecular weight is 172 g/mol. The lowest BCUT2D eigenvalue weighted by Crippen LogP contribution is -1.95. The summed E-state index contributed by atoms with van der Waals surface area (Å²) in [4.78, 5) is 0. The topological polar surface area (TPSA) is 22.4 Å². The van der Waals surface area contributed by atoms with Crippen LogP contribution in [0.25, 0.3) is 11.0 Å². The SMILES string of the molecule is C1=COc2cc3occc3cc2C1. The molecule has 0 fully saturated rings. The van der Waals surface area contributed by atoms with E-state index in [0.717, 1.165) is 23.1 Å². The fourth-order valence-electron chi connectivity index (χ4n) is 1.60. The maximum Gasteiger partial charge on any atom is 0.137 e. The predicted molar refractivity (Wildman–Crippen MR) is 49.7 cm³/mol. The molecular weight excluding hydrogens is 164 g/mol. The van der Waals surface area contributed by atoms with Crippen LogP contribution in [0.2, 0.25) is 0 Å². The molecule has 0 atom stereocenters. The van der Waals surface area contributed by atoms with Crippen molar-refractivity contribution in [1.82, 2.24) is 0 Å². The van der Waals surface area contributed by atoms with E-state index in [1.165, 1.54) is 5.56 Å². The van der Waals surface area contributed by atoms with Gasteiger partial charge in [0.05, 0.1) is 12.5 Å². The zero-order valence-corrected chi connectivity index (χ0v) is 6.99. The van der Waals surface area contributed by atoms with Crippen LogP contribution in [-0.2, 0) is 6.42 Å². The Hall–Kier alpha value is -1.70. The highest BCUT2D eigenvalue weighted by Gasteiger charge is 2.08. The lowest BCUT2D eigenvalue weighted by Gasteiger charge is -2.10. The van der Waals surface area contributed by atoms with E-state index in [0.29, 0.717) is 0 Å². The third-order valence-corrected chi connectivity index (χ3v) is 2.26. The molecule has 64 valence electrons. The molecule has 2 heterocycles. The average Bonchev–Trinajstić information content (AvgIpc) is 2.61. The Morgan fingerprint density at radius 1 is 1.23 bits per heavy atom. The van der Waals surface area contributed by atoms with Crippen LogP contribution in [0.5, 0.6) is 5.75 Å². The summed E-state index contributed by atoms with van der Waals surface area (Å²) in [5, 5.41) is 1.14. The monoisotopic (exact) mass is 172 g/mol. The Balaban J connectivity index is 2.31. The number of furan rings is 1. The second-order valence-electron chi connectivity index (χ2n) is 3.11. The summed E-state index contributed by atoms with van der Waals surface area (Å²) >= 11 is 0. The Kier molecular flexibility index (Phi) is 1.25. The van der Waals surface area contributed by atoms with Crippen molar-refractivity contribution in [2.45, 2.75) is 6.42 Å². The van der Waals surface area contributed by atoms with Crippen LogP contribution in [0.1, 0.15) is 5.56 Å². The van der Waals surface area contributed by atoms with E-state index in [4.69, 9.17) is 9.15 Å². The molecule has 0 N–H and O–H groups in total. The summed E-state index contributed by atoms with van der Waals surface area (Å²) in [6.45, 7) is 0. The summed E-state index contributed by atoms with van der Waals surface area (Å²) in [6.07, 6.45) is 6.37. The van der Waals surface area contributed by atoms with E-state index in [1.54, 1.807) is 12.5 Å². The highest BCUT2D eigenvalue weighted by molar-refractivity contribution is 5.80. The molecule has 1 aromatic heterocycles. The van der Waals surface area contributed by atoms with Gasteiger partial charge >= 0.3 is 0 Å². The number of rotatable bonds is 0. The lowest BCUT2D eigenvalue weighted by molar-refractivity contribution is 0.464. The van der Waals surface area contributed by atoms with Crippen molar-refractivity contribution in [3.8, 4) is 5.75 Å². The molecule has 2 nitrogen and oxygen atoms in total. The largest absolute Gasteiger partial charge is 0.465 e. The number of hydrogen-bond donors (Lipinski definition) is 0. The van der Waals surface area contributed by atoms with Crippen LogP contribution in [-0.4, -0.2) is 0 Å². The summed E-state index contributed by atoms with van der Waals surface area (Å²) in [5.41, 5.74) is 2.10. The van der Waals surface area contributed by atoms with Crippen LogP contribution in [0.15, 0.2) is 41.2 Å². The molecule has 0 saturated carbocycles. The Labute approximate surface area is 75.4 Å². The molecule has 1 aliphatic heterocycles. The summed E-state index contributed by atoms with van der Waals surface area (Å²) in [6, 6.07) is 6.01. The molecule has 0 unspecified atom stereocenters. The van der Waals surface area contributed by atoms with Gasteiger partial charge in [-0.15, -0.1) is 0 Å². The normalized spacial score (nSPS) is 14.2. The predicted octanol–water partition coefficient (Wildman–Crippen LogP) is 2.88. The van der Waals surface area contributed by atoms with Crippen molar-refractivity contribution >= 4 is 11.0 Å². The fraction of sp³-hybridized carbons (Fsp3) is 0.0909. The number of benzene rings is 1. The van der Waals surface area contributed by atoms with Gasteiger partial charge in [-0.1, -0.05) is 0 Å². The maximum absolute atomic E-state index is 5.36. The van der Waals surface area contributed by atoms with Crippen LogP contribution in [0, 0.1) is 0 Å². The standard InChI is InChI=1S/C11H8O2/c1-2-8-6-9-3-5-13-11(9)7-10(8)12-4-1/h1,3-7H,2H2. The Bertz CT molecular complexity index is 438. The first kappa shape index (κ1) is 6.78. The van der Waals surface area contributed by atoms with E-state index in [1.807, 2.05) is 18.2 Å². The van der Waals surface area contributed by atoms with Crippen LogP contribution in [0.4, 0.5) is 0 Å². The molecule has 1 aliphatic rings. The van der Waals surface area contributed by atoms with Crippen molar-refractivity contribution < 1.29 is 9.15 Å².